The van der Waals surface area contributed by atoms with Gasteiger partial charge in [-0.3, -0.25) is 0 Å². The summed E-state index contributed by atoms with van der Waals surface area (Å²) in [6, 6.07) is 13.0. The summed E-state index contributed by atoms with van der Waals surface area (Å²) in [7, 11) is 0. The standard InChI is InChI=1S/C20H25F2N/c1-20(2,3)18-6-4-15(5-7-18)14-23-9-8-16-10-17(13-21)12-19(22)11-16/h4-7,10-12,23H,8-9,13-14H2,1-3H3. The highest BCUT2D eigenvalue weighted by Crippen LogP contribution is 2.22. The SMILES string of the molecule is CC(C)(C)c1ccc(CNCCc2cc(F)cc(CF)c2)cc1. The van der Waals surface area contributed by atoms with Crippen LogP contribution in [-0.2, 0) is 25.1 Å². The lowest BCUT2D eigenvalue weighted by Gasteiger charge is -2.19. The molecular formula is C20H25F2N. The Kier molecular flexibility index (Phi) is 5.89. The molecule has 0 spiro atoms. The Morgan fingerprint density at radius 2 is 1.57 bits per heavy atom. The molecule has 0 aliphatic rings. The second-order valence-corrected chi connectivity index (χ2v) is 6.98. The molecule has 1 nitrogen and oxygen atoms in total. The average Bonchev–Trinajstić information content (AvgIpc) is 2.50. The summed E-state index contributed by atoms with van der Waals surface area (Å²) < 4.78 is 26.0. The quantitative estimate of drug-likeness (QED) is 0.745. The van der Waals surface area contributed by atoms with E-state index in [0.29, 0.717) is 12.0 Å². The van der Waals surface area contributed by atoms with Gasteiger partial charge in [0.25, 0.3) is 0 Å². The summed E-state index contributed by atoms with van der Waals surface area (Å²) in [5.41, 5.74) is 3.93. The van der Waals surface area contributed by atoms with E-state index >= 15 is 0 Å². The van der Waals surface area contributed by atoms with Crippen LogP contribution in [-0.4, -0.2) is 6.54 Å². The Morgan fingerprint density at radius 1 is 0.913 bits per heavy atom. The van der Waals surface area contributed by atoms with Crippen molar-refractivity contribution in [3.05, 3.63) is 70.5 Å². The molecule has 0 atom stereocenters. The third kappa shape index (κ3) is 5.43. The van der Waals surface area contributed by atoms with Crippen molar-refractivity contribution in [2.24, 2.45) is 0 Å². The normalized spacial score (nSPS) is 11.7. The molecule has 0 aliphatic carbocycles. The molecule has 23 heavy (non-hydrogen) atoms. The molecule has 1 N–H and O–H groups in total. The maximum absolute atomic E-state index is 13.3. The number of hydrogen-bond donors (Lipinski definition) is 1. The average molecular weight is 317 g/mol. The molecule has 0 saturated carbocycles. The first-order chi connectivity index (χ1) is 10.9. The van der Waals surface area contributed by atoms with Gasteiger partial charge < -0.3 is 5.32 Å². The van der Waals surface area contributed by atoms with Gasteiger partial charge in [-0.2, -0.15) is 0 Å². The smallest absolute Gasteiger partial charge is 0.123 e. The largest absolute Gasteiger partial charge is 0.312 e. The van der Waals surface area contributed by atoms with Crippen LogP contribution in [0.1, 0.15) is 43.0 Å². The topological polar surface area (TPSA) is 12.0 Å². The Balaban J connectivity index is 1.82. The molecule has 124 valence electrons. The second-order valence-electron chi connectivity index (χ2n) is 6.98. The number of nitrogens with one attached hydrogen (secondary N) is 1. The fourth-order valence-corrected chi connectivity index (χ4v) is 2.53. The lowest BCUT2D eigenvalue weighted by molar-refractivity contribution is 0.481. The molecule has 0 radical (unpaired) electrons. The Labute approximate surface area is 137 Å². The first-order valence-electron chi connectivity index (χ1n) is 8.03. The van der Waals surface area contributed by atoms with Gasteiger partial charge in [-0.1, -0.05) is 51.1 Å². The zero-order valence-electron chi connectivity index (χ0n) is 14.1. The molecule has 2 aromatic carbocycles. The molecule has 0 aromatic heterocycles. The zero-order valence-corrected chi connectivity index (χ0v) is 14.1. The molecule has 2 rings (SSSR count). The van der Waals surface area contributed by atoms with E-state index in [1.165, 1.54) is 23.3 Å². The van der Waals surface area contributed by atoms with Crippen molar-refractivity contribution in [3.63, 3.8) is 0 Å². The molecule has 0 heterocycles. The number of benzene rings is 2. The Hall–Kier alpha value is -1.74. The lowest BCUT2D eigenvalue weighted by Crippen LogP contribution is -2.17. The maximum atomic E-state index is 13.3. The highest BCUT2D eigenvalue weighted by atomic mass is 19.1. The molecule has 0 bridgehead atoms. The third-order valence-electron chi connectivity index (χ3n) is 3.91. The zero-order chi connectivity index (χ0) is 16.9. The maximum Gasteiger partial charge on any atom is 0.123 e. The van der Waals surface area contributed by atoms with E-state index < -0.39 is 6.67 Å². The number of hydrogen-bond acceptors (Lipinski definition) is 1. The van der Waals surface area contributed by atoms with E-state index in [0.717, 1.165) is 18.7 Å². The van der Waals surface area contributed by atoms with Crippen LogP contribution in [0.3, 0.4) is 0 Å². The van der Waals surface area contributed by atoms with Gasteiger partial charge in [-0.15, -0.1) is 0 Å². The third-order valence-corrected chi connectivity index (χ3v) is 3.91. The molecule has 0 saturated heterocycles. The summed E-state index contributed by atoms with van der Waals surface area (Å²) in [6.45, 7) is 7.48. The van der Waals surface area contributed by atoms with E-state index in [1.807, 2.05) is 0 Å². The molecule has 3 heteroatoms. The van der Waals surface area contributed by atoms with Crippen LogP contribution >= 0.6 is 0 Å². The molecular weight excluding hydrogens is 292 g/mol. The van der Waals surface area contributed by atoms with Crippen LogP contribution in [0, 0.1) is 5.82 Å². The van der Waals surface area contributed by atoms with Crippen molar-refractivity contribution >= 4 is 0 Å². The Bertz CT molecular complexity index is 627. The molecule has 0 aliphatic heterocycles. The van der Waals surface area contributed by atoms with Crippen LogP contribution in [0.2, 0.25) is 0 Å². The van der Waals surface area contributed by atoms with Gasteiger partial charge in [0, 0.05) is 6.54 Å². The number of alkyl halides is 1. The number of rotatable bonds is 6. The predicted octanol–water partition coefficient (Wildman–Crippen LogP) is 4.93. The minimum atomic E-state index is -0.627. The van der Waals surface area contributed by atoms with Gasteiger partial charge in [0.1, 0.15) is 12.5 Å². The van der Waals surface area contributed by atoms with Crippen molar-refractivity contribution in [2.45, 2.75) is 45.8 Å². The minimum Gasteiger partial charge on any atom is -0.312 e. The van der Waals surface area contributed by atoms with Crippen molar-refractivity contribution < 1.29 is 8.78 Å². The van der Waals surface area contributed by atoms with Gasteiger partial charge in [-0.25, -0.2) is 8.78 Å². The summed E-state index contributed by atoms with van der Waals surface area (Å²) in [6.07, 6.45) is 0.685. The van der Waals surface area contributed by atoms with Gasteiger partial charge in [0.05, 0.1) is 0 Å². The molecule has 2 aromatic rings. The summed E-state index contributed by atoms with van der Waals surface area (Å²) >= 11 is 0. The minimum absolute atomic E-state index is 0.164. The van der Waals surface area contributed by atoms with Crippen LogP contribution < -0.4 is 5.32 Å². The van der Waals surface area contributed by atoms with Crippen molar-refractivity contribution in [3.8, 4) is 0 Å². The first kappa shape index (κ1) is 17.6. The van der Waals surface area contributed by atoms with Gasteiger partial charge >= 0.3 is 0 Å². The van der Waals surface area contributed by atoms with Gasteiger partial charge in [0.2, 0.25) is 0 Å². The van der Waals surface area contributed by atoms with Crippen molar-refractivity contribution in [1.82, 2.24) is 5.32 Å². The number of halogens is 2. The van der Waals surface area contributed by atoms with E-state index in [2.05, 4.69) is 50.4 Å². The molecule has 0 amide bonds. The fourth-order valence-electron chi connectivity index (χ4n) is 2.53. The second kappa shape index (κ2) is 7.69. The van der Waals surface area contributed by atoms with Crippen molar-refractivity contribution in [1.29, 1.82) is 0 Å². The highest BCUT2D eigenvalue weighted by molar-refractivity contribution is 5.27. The Morgan fingerprint density at radius 3 is 2.17 bits per heavy atom. The highest BCUT2D eigenvalue weighted by Gasteiger charge is 2.12. The lowest BCUT2D eigenvalue weighted by atomic mass is 9.87. The fraction of sp³-hybridized carbons (Fsp3) is 0.400. The predicted molar refractivity (Wildman–Crippen MR) is 91.8 cm³/mol. The van der Waals surface area contributed by atoms with Crippen LogP contribution in [0.4, 0.5) is 8.78 Å². The molecule has 0 unspecified atom stereocenters. The molecule has 0 fully saturated rings. The van der Waals surface area contributed by atoms with Crippen molar-refractivity contribution in [2.75, 3.05) is 6.54 Å². The van der Waals surface area contributed by atoms with Crippen LogP contribution in [0.15, 0.2) is 42.5 Å². The first-order valence-corrected chi connectivity index (χ1v) is 8.03. The van der Waals surface area contributed by atoms with E-state index in [-0.39, 0.29) is 11.2 Å². The van der Waals surface area contributed by atoms with Crippen LogP contribution in [0.5, 0.6) is 0 Å². The van der Waals surface area contributed by atoms with E-state index in [1.54, 1.807) is 6.07 Å². The summed E-state index contributed by atoms with van der Waals surface area (Å²) in [5, 5.41) is 3.35. The summed E-state index contributed by atoms with van der Waals surface area (Å²) in [4.78, 5) is 0. The van der Waals surface area contributed by atoms with E-state index in [9.17, 15) is 8.78 Å². The summed E-state index contributed by atoms with van der Waals surface area (Å²) in [5.74, 6) is -0.368. The van der Waals surface area contributed by atoms with E-state index in [4.69, 9.17) is 0 Å². The monoisotopic (exact) mass is 317 g/mol. The van der Waals surface area contributed by atoms with Crippen LogP contribution in [0.25, 0.3) is 0 Å². The van der Waals surface area contributed by atoms with Gasteiger partial charge in [-0.05, 0) is 52.8 Å². The van der Waals surface area contributed by atoms with Gasteiger partial charge in [0.15, 0.2) is 0 Å².